The van der Waals surface area contributed by atoms with Gasteiger partial charge in [0.05, 0.1) is 0 Å². The summed E-state index contributed by atoms with van der Waals surface area (Å²) in [4.78, 5) is 26.4. The molecule has 2 rings (SSSR count). The number of carboxylic acid groups (broad SMARTS) is 1. The smallest absolute Gasteiger partial charge is 0.407 e. The Morgan fingerprint density at radius 2 is 1.53 bits per heavy atom. The fraction of sp³-hybridized carbons (Fsp3) is 0.857. The van der Waals surface area contributed by atoms with E-state index in [0.29, 0.717) is 38.5 Å². The van der Waals surface area contributed by atoms with Crippen LogP contribution in [0.25, 0.3) is 0 Å². The SMILES string of the molecule is O=C(O)N1CCCN(C(=O)CC2CCCCC2)CC1. The number of carbonyl (C=O) groups excluding carboxylic acids is 1. The lowest BCUT2D eigenvalue weighted by Gasteiger charge is -2.26. The molecule has 1 heterocycles. The van der Waals surface area contributed by atoms with Crippen LogP contribution in [0.3, 0.4) is 0 Å². The molecule has 5 heteroatoms. The summed E-state index contributed by atoms with van der Waals surface area (Å²) >= 11 is 0. The van der Waals surface area contributed by atoms with E-state index in [2.05, 4.69) is 0 Å². The van der Waals surface area contributed by atoms with Crippen molar-refractivity contribution in [3.8, 4) is 0 Å². The van der Waals surface area contributed by atoms with Crippen LogP contribution in [-0.4, -0.2) is 53.1 Å². The minimum Gasteiger partial charge on any atom is -0.465 e. The number of hydrogen-bond donors (Lipinski definition) is 1. The molecule has 1 saturated heterocycles. The molecule has 108 valence electrons. The summed E-state index contributed by atoms with van der Waals surface area (Å²) in [6.07, 6.45) is 6.72. The van der Waals surface area contributed by atoms with Gasteiger partial charge in [-0.3, -0.25) is 4.79 Å². The van der Waals surface area contributed by atoms with E-state index in [4.69, 9.17) is 5.11 Å². The Hall–Kier alpha value is -1.26. The third kappa shape index (κ3) is 4.11. The maximum Gasteiger partial charge on any atom is 0.407 e. The zero-order chi connectivity index (χ0) is 13.7. The molecule has 1 aliphatic carbocycles. The topological polar surface area (TPSA) is 60.9 Å². The first-order chi connectivity index (χ1) is 9.16. The van der Waals surface area contributed by atoms with Crippen molar-refractivity contribution in [3.05, 3.63) is 0 Å². The van der Waals surface area contributed by atoms with Crippen LogP contribution in [0.1, 0.15) is 44.9 Å². The molecule has 0 aromatic rings. The Morgan fingerprint density at radius 3 is 2.21 bits per heavy atom. The zero-order valence-electron chi connectivity index (χ0n) is 11.5. The van der Waals surface area contributed by atoms with E-state index in [1.807, 2.05) is 4.90 Å². The van der Waals surface area contributed by atoms with Crippen molar-refractivity contribution in [2.45, 2.75) is 44.9 Å². The third-order valence-corrected chi connectivity index (χ3v) is 4.31. The highest BCUT2D eigenvalue weighted by molar-refractivity contribution is 5.76. The number of rotatable bonds is 2. The van der Waals surface area contributed by atoms with Gasteiger partial charge in [0.25, 0.3) is 0 Å². The molecule has 0 spiro atoms. The Kier molecular flexibility index (Phi) is 5.05. The molecule has 2 amide bonds. The van der Waals surface area contributed by atoms with Gasteiger partial charge in [-0.15, -0.1) is 0 Å². The predicted octanol–water partition coefficient (Wildman–Crippen LogP) is 2.17. The standard InChI is InChI=1S/C14H24N2O3/c17-13(11-12-5-2-1-3-6-12)15-7-4-8-16(10-9-15)14(18)19/h12H,1-11H2,(H,18,19). The lowest BCUT2D eigenvalue weighted by atomic mass is 9.86. The second-order valence-corrected chi connectivity index (χ2v) is 5.71. The number of nitrogens with zero attached hydrogens (tertiary/aromatic N) is 2. The highest BCUT2D eigenvalue weighted by Crippen LogP contribution is 2.27. The summed E-state index contributed by atoms with van der Waals surface area (Å²) in [6, 6.07) is 0. The Balaban J connectivity index is 1.80. The van der Waals surface area contributed by atoms with Gasteiger partial charge < -0.3 is 14.9 Å². The fourth-order valence-electron chi connectivity index (χ4n) is 3.13. The molecule has 2 fully saturated rings. The largest absolute Gasteiger partial charge is 0.465 e. The van der Waals surface area contributed by atoms with Gasteiger partial charge in [-0.25, -0.2) is 4.79 Å². The van der Waals surface area contributed by atoms with Crippen LogP contribution in [0.5, 0.6) is 0 Å². The molecule has 0 aromatic carbocycles. The molecule has 1 saturated carbocycles. The van der Waals surface area contributed by atoms with E-state index in [9.17, 15) is 9.59 Å². The Labute approximate surface area is 114 Å². The Bertz CT molecular complexity index is 327. The summed E-state index contributed by atoms with van der Waals surface area (Å²) < 4.78 is 0. The monoisotopic (exact) mass is 268 g/mol. The van der Waals surface area contributed by atoms with Crippen LogP contribution in [0.4, 0.5) is 4.79 Å². The van der Waals surface area contributed by atoms with Crippen molar-refractivity contribution in [2.75, 3.05) is 26.2 Å². The quantitative estimate of drug-likeness (QED) is 0.835. The third-order valence-electron chi connectivity index (χ3n) is 4.31. The molecule has 5 nitrogen and oxygen atoms in total. The normalized spacial score (nSPS) is 22.1. The van der Waals surface area contributed by atoms with Gasteiger partial charge >= 0.3 is 6.09 Å². The van der Waals surface area contributed by atoms with E-state index in [-0.39, 0.29) is 5.91 Å². The maximum absolute atomic E-state index is 12.3. The predicted molar refractivity (Wildman–Crippen MR) is 72.0 cm³/mol. The van der Waals surface area contributed by atoms with Crippen molar-refractivity contribution >= 4 is 12.0 Å². The summed E-state index contributed by atoms with van der Waals surface area (Å²) in [5.41, 5.74) is 0. The van der Waals surface area contributed by atoms with Crippen LogP contribution in [0, 0.1) is 5.92 Å². The van der Waals surface area contributed by atoms with Gasteiger partial charge in [0.15, 0.2) is 0 Å². The molecular formula is C14H24N2O3. The van der Waals surface area contributed by atoms with Crippen LogP contribution in [-0.2, 0) is 4.79 Å². The molecule has 0 atom stereocenters. The first-order valence-corrected chi connectivity index (χ1v) is 7.42. The van der Waals surface area contributed by atoms with E-state index in [1.54, 1.807) is 0 Å². The van der Waals surface area contributed by atoms with Crippen LogP contribution >= 0.6 is 0 Å². The number of amides is 2. The lowest BCUT2D eigenvalue weighted by molar-refractivity contribution is -0.132. The molecule has 0 radical (unpaired) electrons. The minimum absolute atomic E-state index is 0.221. The zero-order valence-corrected chi connectivity index (χ0v) is 11.5. The van der Waals surface area contributed by atoms with Gasteiger partial charge in [0.2, 0.25) is 5.91 Å². The molecule has 2 aliphatic rings. The van der Waals surface area contributed by atoms with E-state index >= 15 is 0 Å². The molecular weight excluding hydrogens is 244 g/mol. The van der Waals surface area contributed by atoms with Gasteiger partial charge in [-0.2, -0.15) is 0 Å². The highest BCUT2D eigenvalue weighted by Gasteiger charge is 2.24. The number of carbonyl (C=O) groups is 2. The van der Waals surface area contributed by atoms with Crippen molar-refractivity contribution in [2.24, 2.45) is 5.92 Å². The van der Waals surface area contributed by atoms with Gasteiger partial charge in [0.1, 0.15) is 0 Å². The Morgan fingerprint density at radius 1 is 0.895 bits per heavy atom. The van der Waals surface area contributed by atoms with Gasteiger partial charge in [-0.1, -0.05) is 19.3 Å². The van der Waals surface area contributed by atoms with Crippen molar-refractivity contribution in [1.82, 2.24) is 9.80 Å². The second kappa shape index (κ2) is 6.78. The van der Waals surface area contributed by atoms with Crippen molar-refractivity contribution in [3.63, 3.8) is 0 Å². The highest BCUT2D eigenvalue weighted by atomic mass is 16.4. The van der Waals surface area contributed by atoms with Gasteiger partial charge in [-0.05, 0) is 25.2 Å². The molecule has 0 aromatic heterocycles. The summed E-state index contributed by atoms with van der Waals surface area (Å²) in [5.74, 6) is 0.777. The van der Waals surface area contributed by atoms with Crippen LogP contribution in [0.2, 0.25) is 0 Å². The summed E-state index contributed by atoms with van der Waals surface area (Å²) in [5, 5.41) is 8.97. The van der Waals surface area contributed by atoms with Crippen LogP contribution < -0.4 is 0 Å². The van der Waals surface area contributed by atoms with E-state index in [1.165, 1.54) is 37.0 Å². The summed E-state index contributed by atoms with van der Waals surface area (Å²) in [6.45, 7) is 2.25. The molecule has 1 N–H and O–H groups in total. The maximum atomic E-state index is 12.3. The van der Waals surface area contributed by atoms with Crippen molar-refractivity contribution in [1.29, 1.82) is 0 Å². The first kappa shape index (κ1) is 14.2. The molecule has 19 heavy (non-hydrogen) atoms. The van der Waals surface area contributed by atoms with Gasteiger partial charge in [0, 0.05) is 32.6 Å². The van der Waals surface area contributed by atoms with E-state index in [0.717, 1.165) is 6.42 Å². The minimum atomic E-state index is -0.874. The molecule has 1 aliphatic heterocycles. The first-order valence-electron chi connectivity index (χ1n) is 7.42. The molecule has 0 bridgehead atoms. The average Bonchev–Trinajstić information content (AvgIpc) is 2.65. The number of hydrogen-bond acceptors (Lipinski definition) is 2. The van der Waals surface area contributed by atoms with Crippen LogP contribution in [0.15, 0.2) is 0 Å². The van der Waals surface area contributed by atoms with Crippen molar-refractivity contribution < 1.29 is 14.7 Å². The lowest BCUT2D eigenvalue weighted by Crippen LogP contribution is -2.37. The second-order valence-electron chi connectivity index (χ2n) is 5.71. The molecule has 0 unspecified atom stereocenters. The summed E-state index contributed by atoms with van der Waals surface area (Å²) in [7, 11) is 0. The fourth-order valence-corrected chi connectivity index (χ4v) is 3.13. The average molecular weight is 268 g/mol. The van der Waals surface area contributed by atoms with E-state index < -0.39 is 6.09 Å².